The van der Waals surface area contributed by atoms with Crippen molar-refractivity contribution in [2.75, 3.05) is 16.9 Å². The number of carbonyl (C=O) groups excluding carboxylic acids is 1. The Morgan fingerprint density at radius 1 is 1.11 bits per heavy atom. The highest BCUT2D eigenvalue weighted by Gasteiger charge is 2.23. The molecule has 2 N–H and O–H groups in total. The molecule has 0 atom stereocenters. The summed E-state index contributed by atoms with van der Waals surface area (Å²) in [7, 11) is -3.42. The van der Waals surface area contributed by atoms with E-state index >= 15 is 0 Å². The van der Waals surface area contributed by atoms with Crippen molar-refractivity contribution in [1.29, 1.82) is 0 Å². The van der Waals surface area contributed by atoms with E-state index in [0.717, 1.165) is 16.2 Å². The number of thioether (sulfide) groups is 1. The van der Waals surface area contributed by atoms with E-state index in [2.05, 4.69) is 15.6 Å². The van der Waals surface area contributed by atoms with Crippen LogP contribution >= 0.6 is 23.1 Å². The number of anilines is 2. The van der Waals surface area contributed by atoms with E-state index in [1.165, 1.54) is 0 Å². The van der Waals surface area contributed by atoms with Gasteiger partial charge in [0.05, 0.1) is 15.5 Å². The van der Waals surface area contributed by atoms with Crippen molar-refractivity contribution in [1.82, 2.24) is 4.98 Å². The third kappa shape index (κ3) is 4.42. The summed E-state index contributed by atoms with van der Waals surface area (Å²) in [6, 6.07) is 12.3. The topological polar surface area (TPSA) is 88.2 Å². The van der Waals surface area contributed by atoms with Gasteiger partial charge in [-0.05, 0) is 56.5 Å². The van der Waals surface area contributed by atoms with Crippen molar-refractivity contribution >= 4 is 60.6 Å². The van der Waals surface area contributed by atoms with Crippen LogP contribution in [0.15, 0.2) is 51.7 Å². The zero-order valence-electron chi connectivity index (χ0n) is 15.0. The Hall–Kier alpha value is -2.10. The molecule has 0 radical (unpaired) electrons. The molecule has 0 saturated heterocycles. The fourth-order valence-electron chi connectivity index (χ4n) is 2.30. The number of nitrogens with one attached hydrogen (secondary N) is 2. The Morgan fingerprint density at radius 2 is 1.81 bits per heavy atom. The summed E-state index contributed by atoms with van der Waals surface area (Å²) >= 11 is 2.70. The molecular formula is C18H19N3O3S3. The zero-order chi connectivity index (χ0) is 19.6. The van der Waals surface area contributed by atoms with Crippen LogP contribution in [0.25, 0.3) is 10.2 Å². The summed E-state index contributed by atoms with van der Waals surface area (Å²) in [6.07, 6.45) is 1.97. The van der Waals surface area contributed by atoms with Crippen molar-refractivity contribution in [2.24, 2.45) is 0 Å². The number of sulfone groups is 1. The van der Waals surface area contributed by atoms with Gasteiger partial charge in [0.2, 0.25) is 14.2 Å². The molecule has 0 bridgehead atoms. The number of carbonyl (C=O) groups is 1. The van der Waals surface area contributed by atoms with Crippen molar-refractivity contribution in [3.8, 4) is 0 Å². The van der Waals surface area contributed by atoms with E-state index in [1.807, 2.05) is 30.5 Å². The normalized spacial score (nSPS) is 11.7. The van der Waals surface area contributed by atoms with Crippen LogP contribution in [0.3, 0.4) is 0 Å². The predicted octanol–water partition coefficient (Wildman–Crippen LogP) is 4.84. The molecule has 2 aromatic carbocycles. The molecule has 3 rings (SSSR count). The van der Waals surface area contributed by atoms with Crippen LogP contribution in [0, 0.1) is 0 Å². The first-order valence-electron chi connectivity index (χ1n) is 8.16. The second-order valence-electron chi connectivity index (χ2n) is 6.07. The molecule has 2 amide bonds. The summed E-state index contributed by atoms with van der Waals surface area (Å²) in [5, 5.41) is 5.02. The lowest BCUT2D eigenvalue weighted by molar-refractivity contribution is 0.262. The number of fused-ring (bicyclic) bond motifs is 1. The Labute approximate surface area is 166 Å². The van der Waals surface area contributed by atoms with E-state index in [4.69, 9.17) is 0 Å². The van der Waals surface area contributed by atoms with E-state index in [1.54, 1.807) is 43.8 Å². The summed E-state index contributed by atoms with van der Waals surface area (Å²) in [6.45, 7) is 3.26. The summed E-state index contributed by atoms with van der Waals surface area (Å²) < 4.78 is 25.4. The van der Waals surface area contributed by atoms with Gasteiger partial charge in [-0.1, -0.05) is 6.07 Å². The van der Waals surface area contributed by atoms with E-state index < -0.39 is 15.1 Å². The quantitative estimate of drug-likeness (QED) is 0.575. The first-order valence-corrected chi connectivity index (χ1v) is 11.7. The number of amides is 2. The van der Waals surface area contributed by atoms with Gasteiger partial charge in [0, 0.05) is 16.3 Å². The fraction of sp³-hybridized carbons (Fsp3) is 0.222. The van der Waals surface area contributed by atoms with Gasteiger partial charge in [0.15, 0.2) is 0 Å². The highest BCUT2D eigenvalue weighted by Crippen LogP contribution is 2.30. The number of aromatic nitrogens is 1. The monoisotopic (exact) mass is 421 g/mol. The first-order chi connectivity index (χ1) is 12.8. The van der Waals surface area contributed by atoms with Crippen LogP contribution in [0.2, 0.25) is 0 Å². The first kappa shape index (κ1) is 19.7. The molecule has 3 aromatic rings. The van der Waals surface area contributed by atoms with Gasteiger partial charge in [-0.3, -0.25) is 0 Å². The molecule has 6 nitrogen and oxygen atoms in total. The molecule has 9 heteroatoms. The second kappa shape index (κ2) is 7.87. The average Bonchev–Trinajstić information content (AvgIpc) is 3.05. The van der Waals surface area contributed by atoms with Gasteiger partial charge in [0.25, 0.3) is 0 Å². The third-order valence-electron chi connectivity index (χ3n) is 3.82. The van der Waals surface area contributed by atoms with Gasteiger partial charge in [-0.25, -0.2) is 18.2 Å². The van der Waals surface area contributed by atoms with Crippen LogP contribution in [0.4, 0.5) is 16.2 Å². The SMILES string of the molecule is CSc1cccc(NC(=O)Nc2ccc3nc(S(=O)(=O)C(C)C)sc3c2)c1. The number of hydrogen-bond acceptors (Lipinski definition) is 6. The number of hydrogen-bond donors (Lipinski definition) is 2. The molecule has 0 aliphatic heterocycles. The van der Waals surface area contributed by atoms with Gasteiger partial charge in [-0.2, -0.15) is 0 Å². The lowest BCUT2D eigenvalue weighted by Gasteiger charge is -2.08. The minimum atomic E-state index is -3.42. The second-order valence-corrected chi connectivity index (χ2v) is 10.7. The van der Waals surface area contributed by atoms with Crippen molar-refractivity contribution in [3.63, 3.8) is 0 Å². The number of thiazole rings is 1. The Balaban J connectivity index is 1.78. The van der Waals surface area contributed by atoms with Crippen LogP contribution in [-0.2, 0) is 9.84 Å². The minimum Gasteiger partial charge on any atom is -0.308 e. The molecule has 0 aliphatic rings. The van der Waals surface area contributed by atoms with Crippen molar-refractivity contribution < 1.29 is 13.2 Å². The largest absolute Gasteiger partial charge is 0.323 e. The molecule has 0 fully saturated rings. The molecular weight excluding hydrogens is 402 g/mol. The molecule has 0 aliphatic carbocycles. The Morgan fingerprint density at radius 3 is 2.48 bits per heavy atom. The highest BCUT2D eigenvalue weighted by molar-refractivity contribution is 7.98. The molecule has 0 spiro atoms. The standard InChI is InChI=1S/C18H19N3O3S3/c1-11(2)27(23,24)18-21-15-8-7-13(10-16(15)26-18)20-17(22)19-12-5-4-6-14(9-12)25-3/h4-11H,1-3H3,(H2,19,20,22). The summed E-state index contributed by atoms with van der Waals surface area (Å²) in [4.78, 5) is 17.5. The number of rotatable bonds is 5. The number of benzene rings is 2. The molecule has 0 unspecified atom stereocenters. The molecule has 142 valence electrons. The van der Waals surface area contributed by atoms with Crippen LogP contribution in [0.1, 0.15) is 13.8 Å². The highest BCUT2D eigenvalue weighted by atomic mass is 32.2. The number of urea groups is 1. The maximum absolute atomic E-state index is 12.3. The van der Waals surface area contributed by atoms with Crippen LogP contribution in [-0.4, -0.2) is 30.9 Å². The van der Waals surface area contributed by atoms with Gasteiger partial charge >= 0.3 is 6.03 Å². The molecule has 27 heavy (non-hydrogen) atoms. The lowest BCUT2D eigenvalue weighted by Crippen LogP contribution is -2.19. The van der Waals surface area contributed by atoms with Crippen molar-refractivity contribution in [3.05, 3.63) is 42.5 Å². The zero-order valence-corrected chi connectivity index (χ0v) is 17.5. The number of nitrogens with zero attached hydrogens (tertiary/aromatic N) is 1. The van der Waals surface area contributed by atoms with Crippen LogP contribution in [0.5, 0.6) is 0 Å². The summed E-state index contributed by atoms with van der Waals surface area (Å²) in [5.41, 5.74) is 1.86. The minimum absolute atomic E-state index is 0.1000. The van der Waals surface area contributed by atoms with E-state index in [-0.39, 0.29) is 10.4 Å². The summed E-state index contributed by atoms with van der Waals surface area (Å²) in [5.74, 6) is 0. The maximum atomic E-state index is 12.3. The molecule has 1 aromatic heterocycles. The molecule has 1 heterocycles. The lowest BCUT2D eigenvalue weighted by atomic mass is 10.3. The Kier molecular flexibility index (Phi) is 5.73. The van der Waals surface area contributed by atoms with Gasteiger partial charge < -0.3 is 10.6 Å². The van der Waals surface area contributed by atoms with Crippen molar-refractivity contribution in [2.45, 2.75) is 28.3 Å². The smallest absolute Gasteiger partial charge is 0.308 e. The van der Waals surface area contributed by atoms with Gasteiger partial charge in [0.1, 0.15) is 0 Å². The van der Waals surface area contributed by atoms with Gasteiger partial charge in [-0.15, -0.1) is 23.1 Å². The molecule has 0 saturated carbocycles. The fourth-order valence-corrected chi connectivity index (χ4v) is 5.43. The van der Waals surface area contributed by atoms with E-state index in [9.17, 15) is 13.2 Å². The third-order valence-corrected chi connectivity index (χ3v) is 8.12. The predicted molar refractivity (Wildman–Crippen MR) is 113 cm³/mol. The average molecular weight is 422 g/mol. The maximum Gasteiger partial charge on any atom is 0.323 e. The van der Waals surface area contributed by atoms with E-state index in [0.29, 0.717) is 21.6 Å². The van der Waals surface area contributed by atoms with Crippen LogP contribution < -0.4 is 10.6 Å². The Bertz CT molecular complexity index is 1090.